The van der Waals surface area contributed by atoms with E-state index in [2.05, 4.69) is 10.3 Å². The number of aldehydes is 1. The van der Waals surface area contributed by atoms with Crippen molar-refractivity contribution in [1.82, 2.24) is 15.0 Å². The van der Waals surface area contributed by atoms with Gasteiger partial charge in [-0.05, 0) is 23.6 Å². The summed E-state index contributed by atoms with van der Waals surface area (Å²) < 4.78 is 1.69. The van der Waals surface area contributed by atoms with Crippen molar-refractivity contribution in [2.24, 2.45) is 0 Å². The Morgan fingerprint density at radius 3 is 2.61 bits per heavy atom. The summed E-state index contributed by atoms with van der Waals surface area (Å²) in [5, 5.41) is 9.94. The highest BCUT2D eigenvalue weighted by Crippen LogP contribution is 2.28. The topological polar surface area (TPSA) is 47.8 Å². The van der Waals surface area contributed by atoms with Crippen LogP contribution in [-0.4, -0.2) is 21.3 Å². The summed E-state index contributed by atoms with van der Waals surface area (Å²) in [5.74, 6) is 0. The molecule has 0 aliphatic rings. The number of thiophene rings is 1. The number of nitrogens with zero attached hydrogens (tertiary/aromatic N) is 3. The number of hydrogen-bond donors (Lipinski definition) is 0. The van der Waals surface area contributed by atoms with Crippen molar-refractivity contribution >= 4 is 17.6 Å². The quantitative estimate of drug-likeness (QED) is 0.676. The van der Waals surface area contributed by atoms with Gasteiger partial charge >= 0.3 is 0 Å². The maximum Gasteiger partial charge on any atom is 0.172 e. The Labute approximate surface area is 108 Å². The summed E-state index contributed by atoms with van der Waals surface area (Å²) in [6.07, 6.45) is 0.738. The predicted molar refractivity (Wildman–Crippen MR) is 70.1 cm³/mol. The van der Waals surface area contributed by atoms with Crippen LogP contribution in [0.15, 0.2) is 47.8 Å². The van der Waals surface area contributed by atoms with Crippen LogP contribution in [0.2, 0.25) is 0 Å². The lowest BCUT2D eigenvalue weighted by Gasteiger charge is -2.04. The molecule has 88 valence electrons. The Morgan fingerprint density at radius 2 is 1.94 bits per heavy atom. The summed E-state index contributed by atoms with van der Waals surface area (Å²) in [7, 11) is 0. The van der Waals surface area contributed by atoms with Crippen LogP contribution in [0.3, 0.4) is 0 Å². The number of benzene rings is 1. The molecular formula is C13H9N3OS. The first-order chi connectivity index (χ1) is 8.90. The van der Waals surface area contributed by atoms with Gasteiger partial charge in [0.2, 0.25) is 0 Å². The number of aromatic nitrogens is 3. The highest BCUT2D eigenvalue weighted by Gasteiger charge is 2.16. The minimum atomic E-state index is 0.362. The molecule has 0 amide bonds. The molecular weight excluding hydrogens is 246 g/mol. The van der Waals surface area contributed by atoms with Crippen molar-refractivity contribution < 1.29 is 4.79 Å². The lowest BCUT2D eigenvalue weighted by Crippen LogP contribution is -1.98. The van der Waals surface area contributed by atoms with E-state index in [0.717, 1.165) is 22.5 Å². The van der Waals surface area contributed by atoms with Crippen LogP contribution in [0.4, 0.5) is 0 Å². The van der Waals surface area contributed by atoms with E-state index < -0.39 is 0 Å². The second-order valence-corrected chi connectivity index (χ2v) is 4.61. The monoisotopic (exact) mass is 255 g/mol. The summed E-state index contributed by atoms with van der Waals surface area (Å²) in [4.78, 5) is 12.0. The van der Waals surface area contributed by atoms with E-state index in [0.29, 0.717) is 5.69 Å². The molecule has 2 aromatic heterocycles. The second kappa shape index (κ2) is 4.54. The fourth-order valence-electron chi connectivity index (χ4n) is 1.77. The highest BCUT2D eigenvalue weighted by molar-refractivity contribution is 7.13. The van der Waals surface area contributed by atoms with Crippen LogP contribution in [0.1, 0.15) is 10.5 Å². The molecule has 0 spiro atoms. The fraction of sp³-hybridized carbons (Fsp3) is 0. The average Bonchev–Trinajstić information content (AvgIpc) is 3.08. The van der Waals surface area contributed by atoms with Crippen LogP contribution in [0, 0.1) is 0 Å². The van der Waals surface area contributed by atoms with E-state index in [4.69, 9.17) is 0 Å². The smallest absolute Gasteiger partial charge is 0.172 e. The minimum absolute atomic E-state index is 0.362. The van der Waals surface area contributed by atoms with Crippen molar-refractivity contribution in [3.63, 3.8) is 0 Å². The summed E-state index contributed by atoms with van der Waals surface area (Å²) in [6.45, 7) is 0. The maximum atomic E-state index is 11.1. The van der Waals surface area contributed by atoms with E-state index in [1.807, 2.05) is 47.8 Å². The van der Waals surface area contributed by atoms with Gasteiger partial charge < -0.3 is 0 Å². The molecule has 0 bridgehead atoms. The molecule has 3 rings (SSSR count). The first kappa shape index (κ1) is 10.9. The molecule has 0 radical (unpaired) electrons. The number of rotatable bonds is 3. The molecule has 2 heterocycles. The van der Waals surface area contributed by atoms with Crippen molar-refractivity contribution in [2.45, 2.75) is 0 Å². The number of carbonyl (C=O) groups is 1. The fourth-order valence-corrected chi connectivity index (χ4v) is 2.53. The van der Waals surface area contributed by atoms with Crippen LogP contribution >= 0.6 is 11.3 Å². The minimum Gasteiger partial charge on any atom is -0.296 e. The Bertz CT molecular complexity index is 659. The largest absolute Gasteiger partial charge is 0.296 e. The third-order valence-corrected chi connectivity index (χ3v) is 3.44. The van der Waals surface area contributed by atoms with Gasteiger partial charge in [0.05, 0.1) is 10.6 Å². The Morgan fingerprint density at radius 1 is 1.11 bits per heavy atom. The SMILES string of the molecule is O=Cc1nnn(-c2ccccc2)c1-c1cccs1. The number of para-hydroxylation sites is 1. The molecule has 0 N–H and O–H groups in total. The van der Waals surface area contributed by atoms with Gasteiger partial charge in [0, 0.05) is 0 Å². The van der Waals surface area contributed by atoms with Crippen molar-refractivity contribution in [1.29, 1.82) is 0 Å². The normalized spacial score (nSPS) is 10.4. The molecule has 0 saturated heterocycles. The predicted octanol–water partition coefficient (Wildman–Crippen LogP) is 2.81. The van der Waals surface area contributed by atoms with Gasteiger partial charge in [0.1, 0.15) is 5.69 Å². The van der Waals surface area contributed by atoms with E-state index in [9.17, 15) is 4.79 Å². The van der Waals surface area contributed by atoms with Gasteiger partial charge in [-0.3, -0.25) is 4.79 Å². The van der Waals surface area contributed by atoms with Gasteiger partial charge in [-0.2, -0.15) is 0 Å². The third-order valence-electron chi connectivity index (χ3n) is 2.56. The van der Waals surface area contributed by atoms with E-state index >= 15 is 0 Å². The molecule has 0 fully saturated rings. The molecule has 5 heteroatoms. The van der Waals surface area contributed by atoms with Gasteiger partial charge in [-0.15, -0.1) is 16.4 Å². The van der Waals surface area contributed by atoms with E-state index in [1.165, 1.54) is 0 Å². The van der Waals surface area contributed by atoms with Gasteiger partial charge in [-0.1, -0.05) is 29.5 Å². The third kappa shape index (κ3) is 1.74. The lowest BCUT2D eigenvalue weighted by molar-refractivity contribution is 0.111. The lowest BCUT2D eigenvalue weighted by atomic mass is 10.2. The average molecular weight is 255 g/mol. The molecule has 0 aliphatic carbocycles. The Hall–Kier alpha value is -2.27. The first-order valence-corrected chi connectivity index (χ1v) is 6.28. The summed E-state index contributed by atoms with van der Waals surface area (Å²) in [6, 6.07) is 13.5. The molecule has 0 atom stereocenters. The van der Waals surface area contributed by atoms with Gasteiger partial charge in [-0.25, -0.2) is 4.68 Å². The highest BCUT2D eigenvalue weighted by atomic mass is 32.1. The number of carbonyl (C=O) groups excluding carboxylic acids is 1. The zero-order valence-electron chi connectivity index (χ0n) is 9.35. The molecule has 4 nitrogen and oxygen atoms in total. The molecule has 3 aromatic rings. The van der Waals surface area contributed by atoms with Crippen LogP contribution < -0.4 is 0 Å². The van der Waals surface area contributed by atoms with E-state index in [1.54, 1.807) is 16.0 Å². The van der Waals surface area contributed by atoms with Gasteiger partial charge in [0.25, 0.3) is 0 Å². The van der Waals surface area contributed by atoms with Gasteiger partial charge in [0.15, 0.2) is 12.0 Å². The second-order valence-electron chi connectivity index (χ2n) is 3.67. The summed E-state index contributed by atoms with van der Waals surface area (Å²) >= 11 is 1.56. The molecule has 18 heavy (non-hydrogen) atoms. The number of hydrogen-bond acceptors (Lipinski definition) is 4. The van der Waals surface area contributed by atoms with Crippen molar-refractivity contribution in [2.75, 3.05) is 0 Å². The molecule has 0 unspecified atom stereocenters. The van der Waals surface area contributed by atoms with E-state index in [-0.39, 0.29) is 0 Å². The molecule has 1 aromatic carbocycles. The van der Waals surface area contributed by atoms with Crippen molar-refractivity contribution in [3.05, 3.63) is 53.5 Å². The summed E-state index contributed by atoms with van der Waals surface area (Å²) in [5.41, 5.74) is 1.99. The Kier molecular flexibility index (Phi) is 2.74. The van der Waals surface area contributed by atoms with Crippen molar-refractivity contribution in [3.8, 4) is 16.3 Å². The van der Waals surface area contributed by atoms with Crippen LogP contribution in [0.25, 0.3) is 16.3 Å². The Balaban J connectivity index is 2.23. The molecule has 0 saturated carbocycles. The standard InChI is InChI=1S/C13H9N3OS/c17-9-11-13(12-7-4-8-18-12)16(15-14-11)10-5-2-1-3-6-10/h1-9H. The maximum absolute atomic E-state index is 11.1. The zero-order chi connectivity index (χ0) is 12.4. The molecule has 0 aliphatic heterocycles. The zero-order valence-corrected chi connectivity index (χ0v) is 10.2. The van der Waals surface area contributed by atoms with Crippen LogP contribution in [0.5, 0.6) is 0 Å². The van der Waals surface area contributed by atoms with Crippen LogP contribution in [-0.2, 0) is 0 Å². The first-order valence-electron chi connectivity index (χ1n) is 5.40.